The summed E-state index contributed by atoms with van der Waals surface area (Å²) < 4.78 is 6.02. The predicted molar refractivity (Wildman–Crippen MR) is 101 cm³/mol. The molecule has 1 saturated heterocycles. The van der Waals surface area contributed by atoms with Crippen LogP contribution in [-0.4, -0.2) is 25.0 Å². The number of carbonyl (C=O) groups excluding carboxylic acids is 3. The van der Waals surface area contributed by atoms with Gasteiger partial charge in [0.1, 0.15) is 11.3 Å². The molecule has 1 heterocycles. The van der Waals surface area contributed by atoms with E-state index in [1.165, 1.54) is 6.08 Å². The van der Waals surface area contributed by atoms with E-state index in [-0.39, 0.29) is 5.57 Å². The molecular formula is C19H15BrN2O4. The summed E-state index contributed by atoms with van der Waals surface area (Å²) in [5.74, 6) is -0.686. The number of barbiturate groups is 1. The van der Waals surface area contributed by atoms with Gasteiger partial charge in [-0.3, -0.25) is 14.9 Å². The van der Waals surface area contributed by atoms with Crippen LogP contribution in [0.3, 0.4) is 0 Å². The highest BCUT2D eigenvalue weighted by Gasteiger charge is 2.36. The summed E-state index contributed by atoms with van der Waals surface area (Å²) in [6.07, 6.45) is 1.46. The van der Waals surface area contributed by atoms with Crippen LogP contribution in [0.1, 0.15) is 11.1 Å². The molecule has 1 aliphatic rings. The molecule has 3 rings (SSSR count). The summed E-state index contributed by atoms with van der Waals surface area (Å²) in [5.41, 5.74) is 1.79. The number of hydrogen-bond donors (Lipinski definition) is 1. The van der Waals surface area contributed by atoms with E-state index in [4.69, 9.17) is 4.74 Å². The second-order valence-electron chi connectivity index (χ2n) is 5.66. The molecule has 2 aromatic carbocycles. The Morgan fingerprint density at radius 1 is 1.08 bits per heavy atom. The molecule has 0 unspecified atom stereocenters. The summed E-state index contributed by atoms with van der Waals surface area (Å²) >= 11 is 3.30. The normalized spacial score (nSPS) is 16.0. The molecule has 0 aromatic heterocycles. The maximum atomic E-state index is 12.8. The average Bonchev–Trinajstić information content (AvgIpc) is 2.60. The van der Waals surface area contributed by atoms with Crippen molar-refractivity contribution in [3.05, 3.63) is 63.6 Å². The largest absolute Gasteiger partial charge is 0.496 e. The highest BCUT2D eigenvalue weighted by molar-refractivity contribution is 9.10. The number of nitrogens with one attached hydrogen (secondary N) is 1. The Bertz CT molecular complexity index is 935. The number of amides is 4. The second kappa shape index (κ2) is 7.13. The van der Waals surface area contributed by atoms with Crippen molar-refractivity contribution in [2.45, 2.75) is 6.92 Å². The molecule has 7 heteroatoms. The summed E-state index contributed by atoms with van der Waals surface area (Å²) in [5, 5.41) is 2.20. The molecule has 6 nitrogen and oxygen atoms in total. The number of carbonyl (C=O) groups is 3. The molecule has 4 amide bonds. The van der Waals surface area contributed by atoms with Gasteiger partial charge in [-0.2, -0.15) is 0 Å². The first kappa shape index (κ1) is 17.9. The van der Waals surface area contributed by atoms with Crippen molar-refractivity contribution in [3.63, 3.8) is 0 Å². The first-order valence-corrected chi connectivity index (χ1v) is 8.51. The number of aryl methyl sites for hydroxylation is 1. The van der Waals surface area contributed by atoms with Gasteiger partial charge in [0, 0.05) is 4.47 Å². The Labute approximate surface area is 158 Å². The van der Waals surface area contributed by atoms with Crippen molar-refractivity contribution in [3.8, 4) is 5.75 Å². The van der Waals surface area contributed by atoms with Crippen molar-refractivity contribution in [2.24, 2.45) is 0 Å². The molecule has 2 aromatic rings. The van der Waals surface area contributed by atoms with Crippen LogP contribution in [0.4, 0.5) is 10.5 Å². The first-order valence-electron chi connectivity index (χ1n) is 7.72. The Hall–Kier alpha value is -2.93. The quantitative estimate of drug-likeness (QED) is 0.616. The Morgan fingerprint density at radius 3 is 2.38 bits per heavy atom. The lowest BCUT2D eigenvalue weighted by molar-refractivity contribution is -0.122. The molecule has 1 N–H and O–H groups in total. The maximum absolute atomic E-state index is 12.8. The molecule has 0 atom stereocenters. The number of urea groups is 1. The molecule has 1 aliphatic heterocycles. The smallest absolute Gasteiger partial charge is 0.335 e. The molecule has 0 radical (unpaired) electrons. The number of rotatable bonds is 3. The molecule has 1 fully saturated rings. The topological polar surface area (TPSA) is 75.7 Å². The van der Waals surface area contributed by atoms with Gasteiger partial charge >= 0.3 is 6.03 Å². The number of benzene rings is 2. The van der Waals surface area contributed by atoms with Crippen LogP contribution in [0, 0.1) is 6.92 Å². The molecule has 0 spiro atoms. The maximum Gasteiger partial charge on any atom is 0.335 e. The van der Waals surface area contributed by atoms with Gasteiger partial charge in [-0.1, -0.05) is 22.0 Å². The first-order chi connectivity index (χ1) is 12.4. The van der Waals surface area contributed by atoms with E-state index < -0.39 is 17.8 Å². The molecule has 26 heavy (non-hydrogen) atoms. The van der Waals surface area contributed by atoms with Crippen LogP contribution < -0.4 is 15.0 Å². The minimum Gasteiger partial charge on any atom is -0.496 e. The second-order valence-corrected chi connectivity index (χ2v) is 6.58. The van der Waals surface area contributed by atoms with Gasteiger partial charge in [-0.05, 0) is 60.5 Å². The highest BCUT2D eigenvalue weighted by Crippen LogP contribution is 2.25. The summed E-state index contributed by atoms with van der Waals surface area (Å²) in [6, 6.07) is 11.2. The zero-order valence-corrected chi connectivity index (χ0v) is 15.7. The van der Waals surface area contributed by atoms with Crippen LogP contribution in [-0.2, 0) is 9.59 Å². The third-order valence-electron chi connectivity index (χ3n) is 3.92. The zero-order valence-electron chi connectivity index (χ0n) is 14.1. The van der Waals surface area contributed by atoms with Crippen molar-refractivity contribution in [1.82, 2.24) is 5.32 Å². The summed E-state index contributed by atoms with van der Waals surface area (Å²) in [6.45, 7) is 1.86. The Kier molecular flexibility index (Phi) is 4.90. The molecule has 0 saturated carbocycles. The molecule has 0 bridgehead atoms. The number of ether oxygens (including phenoxy) is 1. The van der Waals surface area contributed by atoms with Gasteiger partial charge < -0.3 is 4.74 Å². The fraction of sp³-hybridized carbons (Fsp3) is 0.105. The van der Waals surface area contributed by atoms with Gasteiger partial charge in [0.25, 0.3) is 11.8 Å². The van der Waals surface area contributed by atoms with Crippen LogP contribution in [0.5, 0.6) is 5.75 Å². The third kappa shape index (κ3) is 3.39. The number of anilines is 1. The van der Waals surface area contributed by atoms with E-state index in [0.717, 1.165) is 14.9 Å². The van der Waals surface area contributed by atoms with E-state index >= 15 is 0 Å². The third-order valence-corrected chi connectivity index (χ3v) is 4.45. The van der Waals surface area contributed by atoms with E-state index in [2.05, 4.69) is 21.2 Å². The SMILES string of the molecule is COc1ccc(C=C2C(=O)NC(=O)N(c3ccc(Br)cc3)C2=O)cc1C. The van der Waals surface area contributed by atoms with Crippen LogP contribution in [0.15, 0.2) is 52.5 Å². The number of hydrogen-bond acceptors (Lipinski definition) is 4. The van der Waals surface area contributed by atoms with Gasteiger partial charge in [-0.25, -0.2) is 9.69 Å². The van der Waals surface area contributed by atoms with E-state index in [1.54, 1.807) is 49.6 Å². The number of imide groups is 2. The number of methoxy groups -OCH3 is 1. The number of nitrogens with zero attached hydrogens (tertiary/aromatic N) is 1. The summed E-state index contributed by atoms with van der Waals surface area (Å²) in [7, 11) is 1.57. The van der Waals surface area contributed by atoms with E-state index in [9.17, 15) is 14.4 Å². The van der Waals surface area contributed by atoms with Gasteiger partial charge in [-0.15, -0.1) is 0 Å². The van der Waals surface area contributed by atoms with Crippen molar-refractivity contribution >= 4 is 45.5 Å². The molecule has 132 valence electrons. The van der Waals surface area contributed by atoms with Gasteiger partial charge in [0.05, 0.1) is 12.8 Å². The Morgan fingerprint density at radius 2 is 1.77 bits per heavy atom. The minimum absolute atomic E-state index is 0.114. The molecule has 0 aliphatic carbocycles. The summed E-state index contributed by atoms with van der Waals surface area (Å²) in [4.78, 5) is 38.1. The zero-order chi connectivity index (χ0) is 18.8. The Balaban J connectivity index is 1.99. The van der Waals surface area contributed by atoms with Crippen LogP contribution in [0.25, 0.3) is 6.08 Å². The van der Waals surface area contributed by atoms with Crippen molar-refractivity contribution in [2.75, 3.05) is 12.0 Å². The van der Waals surface area contributed by atoms with Crippen molar-refractivity contribution in [1.29, 1.82) is 0 Å². The lowest BCUT2D eigenvalue weighted by Gasteiger charge is -2.26. The van der Waals surface area contributed by atoms with Crippen LogP contribution in [0.2, 0.25) is 0 Å². The minimum atomic E-state index is -0.773. The molecular weight excluding hydrogens is 400 g/mol. The monoisotopic (exact) mass is 414 g/mol. The van der Waals surface area contributed by atoms with Crippen molar-refractivity contribution < 1.29 is 19.1 Å². The fourth-order valence-corrected chi connectivity index (χ4v) is 2.90. The standard InChI is InChI=1S/C19H15BrN2O4/c1-11-9-12(3-8-16(11)26-2)10-15-17(23)21-19(25)22(18(15)24)14-6-4-13(20)5-7-14/h3-10H,1-2H3,(H,21,23,25). The lowest BCUT2D eigenvalue weighted by atomic mass is 10.0. The predicted octanol–water partition coefficient (Wildman–Crippen LogP) is 3.43. The van der Waals surface area contributed by atoms with E-state index in [0.29, 0.717) is 17.0 Å². The van der Waals surface area contributed by atoms with Gasteiger partial charge in [0.15, 0.2) is 0 Å². The van der Waals surface area contributed by atoms with Crippen LogP contribution >= 0.6 is 15.9 Å². The fourth-order valence-electron chi connectivity index (χ4n) is 2.64. The number of halogens is 1. The van der Waals surface area contributed by atoms with Gasteiger partial charge in [0.2, 0.25) is 0 Å². The lowest BCUT2D eigenvalue weighted by Crippen LogP contribution is -2.54. The highest BCUT2D eigenvalue weighted by atomic mass is 79.9. The van der Waals surface area contributed by atoms with E-state index in [1.807, 2.05) is 6.92 Å². The average molecular weight is 415 g/mol.